The molecule has 2 heterocycles. The molecule has 130 valence electrons. The van der Waals surface area contributed by atoms with Crippen molar-refractivity contribution in [1.82, 2.24) is 9.97 Å². The first-order chi connectivity index (χ1) is 12.7. The van der Waals surface area contributed by atoms with Crippen LogP contribution in [0.3, 0.4) is 0 Å². The van der Waals surface area contributed by atoms with Gasteiger partial charge in [0.1, 0.15) is 12.1 Å². The summed E-state index contributed by atoms with van der Waals surface area (Å²) in [5.41, 5.74) is 2.20. The molecule has 0 atom stereocenters. The Bertz CT molecular complexity index is 947. The lowest BCUT2D eigenvalue weighted by atomic mass is 10.00. The third kappa shape index (κ3) is 3.06. The molecule has 7 heteroatoms. The number of anilines is 1. The van der Waals surface area contributed by atoms with Crippen LogP contribution in [0.5, 0.6) is 11.6 Å². The third-order valence-corrected chi connectivity index (χ3v) is 4.34. The number of para-hydroxylation sites is 1. The summed E-state index contributed by atoms with van der Waals surface area (Å²) >= 11 is 0. The van der Waals surface area contributed by atoms with E-state index in [-0.39, 0.29) is 17.4 Å². The van der Waals surface area contributed by atoms with Crippen LogP contribution in [0.15, 0.2) is 60.9 Å². The van der Waals surface area contributed by atoms with Crippen molar-refractivity contribution in [2.75, 3.05) is 11.4 Å². The van der Waals surface area contributed by atoms with Gasteiger partial charge in [0.05, 0.1) is 4.92 Å². The van der Waals surface area contributed by atoms with Gasteiger partial charge in [0.2, 0.25) is 5.82 Å². The largest absolute Gasteiger partial charge is 0.434 e. The smallest absolute Gasteiger partial charge is 0.373 e. The molecule has 0 radical (unpaired) electrons. The summed E-state index contributed by atoms with van der Waals surface area (Å²) in [4.78, 5) is 21.3. The SMILES string of the molecule is O=[N+]([O-])c1c(Oc2ccccc2)ncnc1N1CCc2ccccc2C1. The molecule has 0 spiro atoms. The van der Waals surface area contributed by atoms with Crippen molar-refractivity contribution < 1.29 is 9.66 Å². The second kappa shape index (κ2) is 6.79. The van der Waals surface area contributed by atoms with Crippen molar-refractivity contribution in [3.05, 3.63) is 82.2 Å². The summed E-state index contributed by atoms with van der Waals surface area (Å²) in [7, 11) is 0. The summed E-state index contributed by atoms with van der Waals surface area (Å²) < 4.78 is 5.65. The molecule has 3 aromatic rings. The molecule has 1 aliphatic heterocycles. The summed E-state index contributed by atoms with van der Waals surface area (Å²) in [6.45, 7) is 1.22. The van der Waals surface area contributed by atoms with Crippen LogP contribution in [0.4, 0.5) is 11.5 Å². The maximum Gasteiger partial charge on any atom is 0.373 e. The summed E-state index contributed by atoms with van der Waals surface area (Å²) in [5.74, 6) is 0.722. The quantitative estimate of drug-likeness (QED) is 0.528. The Morgan fingerprint density at radius 3 is 2.50 bits per heavy atom. The van der Waals surface area contributed by atoms with Crippen LogP contribution in [0, 0.1) is 10.1 Å². The van der Waals surface area contributed by atoms with Crippen LogP contribution in [-0.4, -0.2) is 21.4 Å². The molecule has 0 saturated heterocycles. The van der Waals surface area contributed by atoms with Gasteiger partial charge in [0.15, 0.2) is 0 Å². The monoisotopic (exact) mass is 348 g/mol. The van der Waals surface area contributed by atoms with E-state index in [4.69, 9.17) is 4.74 Å². The molecule has 0 saturated carbocycles. The minimum Gasteiger partial charge on any atom is -0.434 e. The first kappa shape index (κ1) is 16.0. The van der Waals surface area contributed by atoms with Crippen molar-refractivity contribution in [2.45, 2.75) is 13.0 Å². The number of nitro groups is 1. The maximum absolute atomic E-state index is 11.7. The van der Waals surface area contributed by atoms with Crippen LogP contribution in [0.1, 0.15) is 11.1 Å². The molecule has 7 nitrogen and oxygen atoms in total. The Kier molecular flexibility index (Phi) is 4.18. The van der Waals surface area contributed by atoms with E-state index in [0.717, 1.165) is 12.0 Å². The zero-order chi connectivity index (χ0) is 17.9. The molecule has 1 aliphatic rings. The topological polar surface area (TPSA) is 81.4 Å². The predicted molar refractivity (Wildman–Crippen MR) is 96.4 cm³/mol. The standard InChI is InChI=1S/C19H16N4O3/c24-23(25)17-18(22-11-10-14-6-4-5-7-15(14)12-22)20-13-21-19(17)26-16-8-2-1-3-9-16/h1-9,13H,10-12H2. The molecule has 0 aliphatic carbocycles. The van der Waals surface area contributed by atoms with E-state index in [1.807, 2.05) is 29.2 Å². The van der Waals surface area contributed by atoms with E-state index in [1.165, 1.54) is 11.9 Å². The molecule has 0 fully saturated rings. The van der Waals surface area contributed by atoms with Gasteiger partial charge >= 0.3 is 11.6 Å². The summed E-state index contributed by atoms with van der Waals surface area (Å²) in [6.07, 6.45) is 2.12. The highest BCUT2D eigenvalue weighted by atomic mass is 16.6. The van der Waals surface area contributed by atoms with Crippen molar-refractivity contribution >= 4 is 11.5 Å². The van der Waals surface area contributed by atoms with Gasteiger partial charge in [-0.25, -0.2) is 4.98 Å². The van der Waals surface area contributed by atoms with Crippen molar-refractivity contribution in [1.29, 1.82) is 0 Å². The number of nitrogens with zero attached hydrogens (tertiary/aromatic N) is 4. The fraction of sp³-hybridized carbons (Fsp3) is 0.158. The number of aromatic nitrogens is 2. The van der Waals surface area contributed by atoms with Crippen molar-refractivity contribution in [3.8, 4) is 11.6 Å². The molecule has 1 aromatic heterocycles. The molecular formula is C19H16N4O3. The van der Waals surface area contributed by atoms with Gasteiger partial charge in [0, 0.05) is 13.1 Å². The third-order valence-electron chi connectivity index (χ3n) is 4.34. The second-order valence-corrected chi connectivity index (χ2v) is 5.96. The van der Waals surface area contributed by atoms with Crippen LogP contribution in [-0.2, 0) is 13.0 Å². The fourth-order valence-electron chi connectivity index (χ4n) is 3.10. The minimum absolute atomic E-state index is 0.0509. The van der Waals surface area contributed by atoms with Gasteiger partial charge in [-0.1, -0.05) is 42.5 Å². The average molecular weight is 348 g/mol. The van der Waals surface area contributed by atoms with Gasteiger partial charge in [0.25, 0.3) is 0 Å². The Morgan fingerprint density at radius 1 is 1.00 bits per heavy atom. The van der Waals surface area contributed by atoms with Crippen LogP contribution in [0.2, 0.25) is 0 Å². The molecule has 0 bridgehead atoms. The zero-order valence-electron chi connectivity index (χ0n) is 13.9. The van der Waals surface area contributed by atoms with E-state index < -0.39 is 4.92 Å². The molecule has 26 heavy (non-hydrogen) atoms. The fourth-order valence-corrected chi connectivity index (χ4v) is 3.10. The second-order valence-electron chi connectivity index (χ2n) is 5.96. The van der Waals surface area contributed by atoms with Gasteiger partial charge in [-0.05, 0) is 29.7 Å². The van der Waals surface area contributed by atoms with Crippen LogP contribution >= 0.6 is 0 Å². The number of ether oxygens (including phenoxy) is 1. The van der Waals surface area contributed by atoms with E-state index in [0.29, 0.717) is 18.8 Å². The van der Waals surface area contributed by atoms with Crippen molar-refractivity contribution in [2.24, 2.45) is 0 Å². The highest BCUT2D eigenvalue weighted by Crippen LogP contribution is 2.37. The number of benzene rings is 2. The lowest BCUT2D eigenvalue weighted by molar-refractivity contribution is -0.385. The van der Waals surface area contributed by atoms with Gasteiger partial charge in [-0.2, -0.15) is 4.98 Å². The average Bonchev–Trinajstić information content (AvgIpc) is 2.68. The Balaban J connectivity index is 1.71. The van der Waals surface area contributed by atoms with E-state index in [9.17, 15) is 10.1 Å². The maximum atomic E-state index is 11.7. The Hall–Kier alpha value is -3.48. The molecule has 2 aromatic carbocycles. The minimum atomic E-state index is -0.478. The highest BCUT2D eigenvalue weighted by Gasteiger charge is 2.30. The first-order valence-corrected chi connectivity index (χ1v) is 8.26. The van der Waals surface area contributed by atoms with Crippen molar-refractivity contribution in [3.63, 3.8) is 0 Å². The van der Waals surface area contributed by atoms with E-state index in [2.05, 4.69) is 16.0 Å². The number of fused-ring (bicyclic) bond motifs is 1. The number of hydrogen-bond donors (Lipinski definition) is 0. The molecular weight excluding hydrogens is 332 g/mol. The normalized spacial score (nSPS) is 13.2. The van der Waals surface area contributed by atoms with Crippen LogP contribution < -0.4 is 9.64 Å². The first-order valence-electron chi connectivity index (χ1n) is 8.26. The molecule has 0 N–H and O–H groups in total. The van der Waals surface area contributed by atoms with Gasteiger partial charge in [-0.15, -0.1) is 0 Å². The molecule has 0 amide bonds. The summed E-state index contributed by atoms with van der Waals surface area (Å²) in [6, 6.07) is 17.0. The predicted octanol–water partition coefficient (Wildman–Crippen LogP) is 3.74. The number of rotatable bonds is 4. The lowest BCUT2D eigenvalue weighted by Gasteiger charge is -2.29. The summed E-state index contributed by atoms with van der Waals surface area (Å²) in [5, 5.41) is 11.7. The van der Waals surface area contributed by atoms with Gasteiger partial charge in [-0.3, -0.25) is 10.1 Å². The molecule has 0 unspecified atom stereocenters. The highest BCUT2D eigenvalue weighted by molar-refractivity contribution is 5.64. The van der Waals surface area contributed by atoms with Crippen LogP contribution in [0.25, 0.3) is 0 Å². The Labute approximate surface area is 150 Å². The lowest BCUT2D eigenvalue weighted by Crippen LogP contribution is -2.31. The zero-order valence-corrected chi connectivity index (χ0v) is 13.9. The van der Waals surface area contributed by atoms with E-state index >= 15 is 0 Å². The van der Waals surface area contributed by atoms with E-state index in [1.54, 1.807) is 24.3 Å². The molecule has 4 rings (SSSR count). The number of hydrogen-bond acceptors (Lipinski definition) is 6. The Morgan fingerprint density at radius 2 is 1.73 bits per heavy atom. The van der Waals surface area contributed by atoms with Gasteiger partial charge < -0.3 is 9.64 Å².